The Kier molecular flexibility index (Phi) is 6.98. The monoisotopic (exact) mass is 222 g/mol. The van der Waals surface area contributed by atoms with E-state index < -0.39 is 0 Å². The van der Waals surface area contributed by atoms with Gasteiger partial charge in [-0.2, -0.15) is 0 Å². The van der Waals surface area contributed by atoms with E-state index in [1.54, 1.807) is 0 Å². The Balaban J connectivity index is 2.12. The highest BCUT2D eigenvalue weighted by Gasteiger charge is 2.06. The third-order valence-electron chi connectivity index (χ3n) is 3.36. The van der Waals surface area contributed by atoms with Crippen LogP contribution in [0, 0.1) is 5.92 Å². The van der Waals surface area contributed by atoms with E-state index in [0.717, 1.165) is 19.0 Å². The fourth-order valence-corrected chi connectivity index (χ4v) is 2.17. The van der Waals surface area contributed by atoms with Gasteiger partial charge in [-0.15, -0.1) is 0 Å². The van der Waals surface area contributed by atoms with E-state index in [2.05, 4.69) is 35.9 Å². The topological polar surface area (TPSA) is 24.1 Å². The SMILES string of the molecule is CCC(CCCC1=CCNC=C1)CCNC. The van der Waals surface area contributed by atoms with Gasteiger partial charge in [-0.1, -0.05) is 25.8 Å². The van der Waals surface area contributed by atoms with E-state index in [4.69, 9.17) is 0 Å². The van der Waals surface area contributed by atoms with E-state index in [9.17, 15) is 0 Å². The average Bonchev–Trinajstić information content (AvgIpc) is 2.35. The van der Waals surface area contributed by atoms with Crippen LogP contribution in [0.5, 0.6) is 0 Å². The van der Waals surface area contributed by atoms with Gasteiger partial charge in [-0.25, -0.2) is 0 Å². The minimum atomic E-state index is 0.902. The van der Waals surface area contributed by atoms with E-state index in [1.807, 2.05) is 7.05 Å². The first-order valence-corrected chi connectivity index (χ1v) is 6.60. The molecule has 1 aliphatic heterocycles. The van der Waals surface area contributed by atoms with Crippen LogP contribution in [0.25, 0.3) is 0 Å². The number of nitrogens with one attached hydrogen (secondary N) is 2. The maximum absolute atomic E-state index is 3.24. The van der Waals surface area contributed by atoms with Gasteiger partial charge in [0.15, 0.2) is 0 Å². The molecule has 0 aromatic heterocycles. The average molecular weight is 222 g/mol. The first-order chi connectivity index (χ1) is 7.86. The van der Waals surface area contributed by atoms with Crippen molar-refractivity contribution in [3.8, 4) is 0 Å². The van der Waals surface area contributed by atoms with E-state index in [1.165, 1.54) is 37.7 Å². The second-order valence-corrected chi connectivity index (χ2v) is 4.58. The van der Waals surface area contributed by atoms with Crippen LogP contribution >= 0.6 is 0 Å². The van der Waals surface area contributed by atoms with Crippen molar-refractivity contribution in [1.29, 1.82) is 0 Å². The standard InChI is InChI=1S/C14H26N2/c1-3-13(7-10-15-2)5-4-6-14-8-11-16-12-9-14/h8-9,11,13,15-16H,3-7,10,12H2,1-2H3. The van der Waals surface area contributed by atoms with Crippen LogP contribution in [0.3, 0.4) is 0 Å². The summed E-state index contributed by atoms with van der Waals surface area (Å²) in [5.74, 6) is 0.902. The summed E-state index contributed by atoms with van der Waals surface area (Å²) >= 11 is 0. The molecule has 0 amide bonds. The second kappa shape index (κ2) is 8.40. The molecule has 2 N–H and O–H groups in total. The summed E-state index contributed by atoms with van der Waals surface area (Å²) in [6, 6.07) is 0. The molecule has 1 aliphatic rings. The third kappa shape index (κ3) is 5.36. The van der Waals surface area contributed by atoms with Crippen molar-refractivity contribution in [2.24, 2.45) is 5.92 Å². The minimum absolute atomic E-state index is 0.902. The lowest BCUT2D eigenvalue weighted by molar-refractivity contribution is 0.418. The molecule has 1 heterocycles. The Labute approximate surface area is 100 Å². The zero-order chi connectivity index (χ0) is 11.6. The summed E-state index contributed by atoms with van der Waals surface area (Å²) < 4.78 is 0. The Morgan fingerprint density at radius 1 is 1.44 bits per heavy atom. The van der Waals surface area contributed by atoms with Gasteiger partial charge in [0.2, 0.25) is 0 Å². The molecule has 1 unspecified atom stereocenters. The normalized spacial score (nSPS) is 16.8. The summed E-state index contributed by atoms with van der Waals surface area (Å²) in [7, 11) is 2.04. The predicted molar refractivity (Wildman–Crippen MR) is 71.4 cm³/mol. The van der Waals surface area contributed by atoms with Crippen LogP contribution in [0.4, 0.5) is 0 Å². The molecule has 0 spiro atoms. The van der Waals surface area contributed by atoms with Crippen LogP contribution in [-0.2, 0) is 0 Å². The molecule has 0 saturated carbocycles. The molecule has 0 aromatic carbocycles. The maximum atomic E-state index is 3.24. The van der Waals surface area contributed by atoms with Crippen molar-refractivity contribution in [1.82, 2.24) is 10.6 Å². The zero-order valence-corrected chi connectivity index (χ0v) is 10.8. The molecule has 0 radical (unpaired) electrons. The highest BCUT2D eigenvalue weighted by molar-refractivity contribution is 5.21. The van der Waals surface area contributed by atoms with Crippen molar-refractivity contribution < 1.29 is 0 Å². The number of hydrogen-bond donors (Lipinski definition) is 2. The summed E-state index contributed by atoms with van der Waals surface area (Å²) in [4.78, 5) is 0. The summed E-state index contributed by atoms with van der Waals surface area (Å²) in [5.41, 5.74) is 1.50. The lowest BCUT2D eigenvalue weighted by atomic mass is 9.94. The van der Waals surface area contributed by atoms with E-state index >= 15 is 0 Å². The molecule has 16 heavy (non-hydrogen) atoms. The van der Waals surface area contributed by atoms with Crippen LogP contribution in [-0.4, -0.2) is 20.1 Å². The fourth-order valence-electron chi connectivity index (χ4n) is 2.17. The summed E-state index contributed by atoms with van der Waals surface area (Å²) in [6.07, 6.45) is 13.2. The predicted octanol–water partition coefficient (Wildman–Crippen LogP) is 2.84. The summed E-state index contributed by atoms with van der Waals surface area (Å²) in [6.45, 7) is 4.47. The summed E-state index contributed by atoms with van der Waals surface area (Å²) in [5, 5.41) is 6.43. The van der Waals surface area contributed by atoms with Crippen LogP contribution < -0.4 is 10.6 Å². The van der Waals surface area contributed by atoms with Crippen LogP contribution in [0.2, 0.25) is 0 Å². The zero-order valence-electron chi connectivity index (χ0n) is 10.8. The van der Waals surface area contributed by atoms with Crippen molar-refractivity contribution in [3.63, 3.8) is 0 Å². The van der Waals surface area contributed by atoms with Gasteiger partial charge in [0.1, 0.15) is 0 Å². The third-order valence-corrected chi connectivity index (χ3v) is 3.36. The Morgan fingerprint density at radius 3 is 2.94 bits per heavy atom. The molecule has 92 valence electrons. The van der Waals surface area contributed by atoms with E-state index in [-0.39, 0.29) is 0 Å². The Hall–Kier alpha value is -0.760. The van der Waals surface area contributed by atoms with Crippen molar-refractivity contribution >= 4 is 0 Å². The molecule has 0 bridgehead atoms. The smallest absolute Gasteiger partial charge is 0.0330 e. The molecule has 0 saturated heterocycles. The first-order valence-electron chi connectivity index (χ1n) is 6.60. The van der Waals surface area contributed by atoms with Gasteiger partial charge < -0.3 is 10.6 Å². The molecule has 2 heteroatoms. The lowest BCUT2D eigenvalue weighted by Gasteiger charge is -2.15. The number of hydrogen-bond acceptors (Lipinski definition) is 2. The van der Waals surface area contributed by atoms with Crippen molar-refractivity contribution in [3.05, 3.63) is 23.9 Å². The maximum Gasteiger partial charge on any atom is 0.0330 e. The molecule has 0 aromatic rings. The molecule has 0 aliphatic carbocycles. The quantitative estimate of drug-likeness (QED) is 0.660. The lowest BCUT2D eigenvalue weighted by Crippen LogP contribution is -2.13. The van der Waals surface area contributed by atoms with Gasteiger partial charge in [0.25, 0.3) is 0 Å². The number of rotatable bonds is 8. The van der Waals surface area contributed by atoms with Crippen molar-refractivity contribution in [2.45, 2.75) is 39.0 Å². The fraction of sp³-hybridized carbons (Fsp3) is 0.714. The molecular formula is C14H26N2. The minimum Gasteiger partial charge on any atom is -0.387 e. The largest absolute Gasteiger partial charge is 0.387 e. The first kappa shape index (κ1) is 13.3. The van der Waals surface area contributed by atoms with E-state index in [0.29, 0.717) is 0 Å². The Morgan fingerprint density at radius 2 is 2.31 bits per heavy atom. The molecule has 2 nitrogen and oxygen atoms in total. The van der Waals surface area contributed by atoms with Crippen molar-refractivity contribution in [2.75, 3.05) is 20.1 Å². The Bertz CT molecular complexity index is 231. The molecule has 1 atom stereocenters. The highest BCUT2D eigenvalue weighted by atomic mass is 14.8. The van der Waals surface area contributed by atoms with Crippen LogP contribution in [0.1, 0.15) is 39.0 Å². The van der Waals surface area contributed by atoms with Gasteiger partial charge in [-0.3, -0.25) is 0 Å². The molecule has 1 rings (SSSR count). The number of dihydropyridines is 1. The van der Waals surface area contributed by atoms with Crippen LogP contribution in [0.15, 0.2) is 23.9 Å². The van der Waals surface area contributed by atoms with Gasteiger partial charge in [-0.05, 0) is 56.6 Å². The van der Waals surface area contributed by atoms with Gasteiger partial charge in [0, 0.05) is 6.54 Å². The highest BCUT2D eigenvalue weighted by Crippen LogP contribution is 2.19. The van der Waals surface area contributed by atoms with Gasteiger partial charge in [0.05, 0.1) is 0 Å². The molecular weight excluding hydrogens is 196 g/mol. The second-order valence-electron chi connectivity index (χ2n) is 4.58. The molecule has 0 fully saturated rings. The van der Waals surface area contributed by atoms with Gasteiger partial charge >= 0.3 is 0 Å². The number of allylic oxidation sites excluding steroid dienone is 2.